The molecule has 7 nitrogen and oxygen atoms in total. The predicted molar refractivity (Wildman–Crippen MR) is 143 cm³/mol. The van der Waals surface area contributed by atoms with Gasteiger partial charge in [0.1, 0.15) is 11.5 Å². The first-order valence-electron chi connectivity index (χ1n) is 11.9. The Morgan fingerprint density at radius 1 is 1.14 bits per heavy atom. The Hall–Kier alpha value is -3.82. The Labute approximate surface area is 221 Å². The number of fused-ring (bicyclic) bond motifs is 1. The Balaban J connectivity index is 1.26. The maximum atomic E-state index is 13.3. The van der Waals surface area contributed by atoms with Gasteiger partial charge < -0.3 is 10.2 Å². The molecular weight excluding hydrogens is 511 g/mol. The molecule has 0 saturated carbocycles. The summed E-state index contributed by atoms with van der Waals surface area (Å²) in [6.45, 7) is 1.17. The summed E-state index contributed by atoms with van der Waals surface area (Å²) in [5.41, 5.74) is 3.78. The Bertz CT molecular complexity index is 1580. The van der Waals surface area contributed by atoms with Crippen molar-refractivity contribution >= 4 is 39.8 Å². The summed E-state index contributed by atoms with van der Waals surface area (Å²) in [5.74, 6) is 0.0236. The molecule has 1 N–H and O–H groups in total. The van der Waals surface area contributed by atoms with Crippen LogP contribution in [0.15, 0.2) is 72.4 Å². The van der Waals surface area contributed by atoms with E-state index in [2.05, 4.69) is 10.3 Å². The van der Waals surface area contributed by atoms with Crippen LogP contribution in [0.1, 0.15) is 23.2 Å². The molecule has 3 aromatic heterocycles. The van der Waals surface area contributed by atoms with E-state index in [1.807, 2.05) is 46.3 Å². The van der Waals surface area contributed by atoms with E-state index < -0.39 is 0 Å². The average molecular weight is 533 g/mol. The van der Waals surface area contributed by atoms with Crippen molar-refractivity contribution in [1.82, 2.24) is 24.3 Å². The van der Waals surface area contributed by atoms with Gasteiger partial charge in [0, 0.05) is 53.1 Å². The second kappa shape index (κ2) is 9.91. The Morgan fingerprint density at radius 2 is 2.00 bits per heavy atom. The van der Waals surface area contributed by atoms with Gasteiger partial charge in [-0.25, -0.2) is 19.3 Å². The molecule has 4 heterocycles. The lowest BCUT2D eigenvalue weighted by molar-refractivity contribution is 0.0714. The number of amides is 1. The molecule has 186 valence electrons. The minimum atomic E-state index is -0.358. The Morgan fingerprint density at radius 3 is 2.84 bits per heavy atom. The summed E-state index contributed by atoms with van der Waals surface area (Å²) < 4.78 is 15.3. The van der Waals surface area contributed by atoms with Crippen LogP contribution < -0.4 is 5.32 Å². The number of imidazole rings is 1. The van der Waals surface area contributed by atoms with Gasteiger partial charge >= 0.3 is 0 Å². The second-order valence-corrected chi connectivity index (χ2v) is 10.2. The van der Waals surface area contributed by atoms with Crippen LogP contribution >= 0.6 is 22.9 Å². The van der Waals surface area contributed by atoms with Crippen molar-refractivity contribution in [3.8, 4) is 22.6 Å². The predicted octanol–water partition coefficient (Wildman–Crippen LogP) is 6.03. The van der Waals surface area contributed by atoms with Crippen LogP contribution in [0.4, 0.5) is 10.3 Å². The van der Waals surface area contributed by atoms with E-state index in [0.29, 0.717) is 29.6 Å². The third-order valence-corrected chi connectivity index (χ3v) is 7.38. The fraction of sp³-hybridized carbons (Fsp3) is 0.185. The maximum Gasteiger partial charge on any atom is 0.253 e. The molecule has 1 amide bonds. The first-order valence-corrected chi connectivity index (χ1v) is 13.2. The quantitative estimate of drug-likeness (QED) is 0.299. The highest BCUT2D eigenvalue weighted by Crippen LogP contribution is 2.34. The largest absolute Gasteiger partial charge is 0.350 e. The molecule has 0 aliphatic carbocycles. The van der Waals surface area contributed by atoms with Gasteiger partial charge in [-0.15, -0.1) is 11.3 Å². The summed E-state index contributed by atoms with van der Waals surface area (Å²) in [6, 6.07) is 15.1. The number of hydrogen-bond donors (Lipinski definition) is 1. The van der Waals surface area contributed by atoms with Gasteiger partial charge in [0.05, 0.1) is 11.4 Å². The molecule has 0 spiro atoms. The lowest BCUT2D eigenvalue weighted by Gasteiger charge is -2.33. The van der Waals surface area contributed by atoms with Gasteiger partial charge in [-0.3, -0.25) is 9.20 Å². The third kappa shape index (κ3) is 4.80. The zero-order valence-corrected chi connectivity index (χ0v) is 21.2. The van der Waals surface area contributed by atoms with Crippen molar-refractivity contribution in [1.29, 1.82) is 0 Å². The minimum Gasteiger partial charge on any atom is -0.350 e. The van der Waals surface area contributed by atoms with Crippen LogP contribution in [-0.2, 0) is 0 Å². The van der Waals surface area contributed by atoms with E-state index in [9.17, 15) is 9.18 Å². The van der Waals surface area contributed by atoms with Gasteiger partial charge in [0.15, 0.2) is 4.96 Å². The number of anilines is 1. The molecule has 10 heteroatoms. The molecule has 5 aromatic rings. The van der Waals surface area contributed by atoms with Crippen LogP contribution in [-0.4, -0.2) is 49.3 Å². The Kier molecular flexibility index (Phi) is 6.31. The number of carbonyl (C=O) groups excluding carboxylic acids is 1. The highest BCUT2D eigenvalue weighted by atomic mass is 35.5. The highest BCUT2D eigenvalue weighted by molar-refractivity contribution is 7.15. The van der Waals surface area contributed by atoms with Gasteiger partial charge in [-0.05, 0) is 55.3 Å². The molecule has 1 aliphatic heterocycles. The molecule has 6 rings (SSSR count). The van der Waals surface area contributed by atoms with Crippen LogP contribution in [0.5, 0.6) is 0 Å². The van der Waals surface area contributed by atoms with Crippen LogP contribution in [0.2, 0.25) is 5.02 Å². The van der Waals surface area contributed by atoms with Gasteiger partial charge in [0.25, 0.3) is 5.91 Å². The monoisotopic (exact) mass is 532 g/mol. The van der Waals surface area contributed by atoms with Crippen LogP contribution in [0.25, 0.3) is 27.6 Å². The molecule has 1 fully saturated rings. The number of carbonyl (C=O) groups is 1. The highest BCUT2D eigenvalue weighted by Gasteiger charge is 2.25. The number of aromatic nitrogens is 4. The molecular formula is C27H22ClFN6OS. The summed E-state index contributed by atoms with van der Waals surface area (Å²) in [7, 11) is 0. The molecule has 0 radical (unpaired) electrons. The van der Waals surface area contributed by atoms with E-state index in [1.54, 1.807) is 22.4 Å². The molecule has 2 aromatic carbocycles. The van der Waals surface area contributed by atoms with Crippen molar-refractivity contribution in [3.63, 3.8) is 0 Å². The number of benzene rings is 2. The zero-order valence-electron chi connectivity index (χ0n) is 19.6. The van der Waals surface area contributed by atoms with Gasteiger partial charge in [-0.2, -0.15) is 0 Å². The van der Waals surface area contributed by atoms with E-state index in [0.717, 1.165) is 40.4 Å². The van der Waals surface area contributed by atoms with E-state index in [-0.39, 0.29) is 17.8 Å². The first-order chi connectivity index (χ1) is 18.0. The number of likely N-dealkylation sites (tertiary alicyclic amines) is 1. The summed E-state index contributed by atoms with van der Waals surface area (Å²) in [5, 5.41) is 6.04. The van der Waals surface area contributed by atoms with E-state index in [1.165, 1.54) is 24.3 Å². The number of nitrogens with one attached hydrogen (secondary N) is 1. The first kappa shape index (κ1) is 23.6. The smallest absolute Gasteiger partial charge is 0.253 e. The topological polar surface area (TPSA) is 75.4 Å². The molecule has 0 unspecified atom stereocenters. The number of thiazole rings is 1. The summed E-state index contributed by atoms with van der Waals surface area (Å²) in [4.78, 5) is 29.7. The van der Waals surface area contributed by atoms with Crippen molar-refractivity contribution in [3.05, 3.63) is 88.8 Å². The molecule has 37 heavy (non-hydrogen) atoms. The van der Waals surface area contributed by atoms with Crippen molar-refractivity contribution in [2.75, 3.05) is 18.4 Å². The number of rotatable bonds is 5. The van der Waals surface area contributed by atoms with Gasteiger partial charge in [0.2, 0.25) is 5.95 Å². The lowest BCUT2D eigenvalue weighted by Crippen LogP contribution is -2.45. The number of piperidine rings is 1. The third-order valence-electron chi connectivity index (χ3n) is 6.39. The SMILES string of the molecule is O=C(c1ccc(F)cc1)N1CCC[C@@H](Nc2nccc(-c3c(-c4cccc(Cl)c4)nc4sccn34)n2)C1. The average Bonchev–Trinajstić information content (AvgIpc) is 3.51. The summed E-state index contributed by atoms with van der Waals surface area (Å²) >= 11 is 7.82. The van der Waals surface area contributed by atoms with Crippen molar-refractivity contribution in [2.24, 2.45) is 0 Å². The number of hydrogen-bond acceptors (Lipinski definition) is 6. The van der Waals surface area contributed by atoms with E-state index in [4.69, 9.17) is 21.6 Å². The fourth-order valence-corrected chi connectivity index (χ4v) is 5.57. The molecule has 0 bridgehead atoms. The maximum absolute atomic E-state index is 13.3. The second-order valence-electron chi connectivity index (χ2n) is 8.88. The minimum absolute atomic E-state index is 0.00703. The molecule has 1 atom stereocenters. The lowest BCUT2D eigenvalue weighted by atomic mass is 10.0. The van der Waals surface area contributed by atoms with Crippen LogP contribution in [0.3, 0.4) is 0 Å². The normalized spacial score (nSPS) is 15.7. The van der Waals surface area contributed by atoms with Crippen molar-refractivity contribution in [2.45, 2.75) is 18.9 Å². The van der Waals surface area contributed by atoms with Crippen molar-refractivity contribution < 1.29 is 9.18 Å². The molecule has 1 aliphatic rings. The standard InChI is InChI=1S/C27H22ClFN6OS/c28-19-4-1-3-18(15-19)23-24(35-13-14-37-27(35)33-23)22-10-11-30-26(32-22)31-21-5-2-12-34(16-21)25(36)17-6-8-20(29)9-7-17/h1,3-4,6-11,13-15,21H,2,5,12,16H2,(H,30,31,32)/t21-/m1/s1. The molecule has 1 saturated heterocycles. The zero-order chi connectivity index (χ0) is 25.4. The van der Waals surface area contributed by atoms with Gasteiger partial charge in [-0.1, -0.05) is 23.7 Å². The fourth-order valence-electron chi connectivity index (χ4n) is 4.66. The number of nitrogens with zero attached hydrogens (tertiary/aromatic N) is 5. The van der Waals surface area contributed by atoms with E-state index >= 15 is 0 Å². The number of halogens is 2. The van der Waals surface area contributed by atoms with Crippen LogP contribution in [0, 0.1) is 5.82 Å². The summed E-state index contributed by atoms with van der Waals surface area (Å²) in [6.07, 6.45) is 5.44.